The van der Waals surface area contributed by atoms with E-state index in [-0.39, 0.29) is 5.78 Å². The number of nitrogens with zero attached hydrogens (tertiary/aromatic N) is 2. The van der Waals surface area contributed by atoms with Gasteiger partial charge in [0.1, 0.15) is 0 Å². The predicted octanol–water partition coefficient (Wildman–Crippen LogP) is 2.39. The molecule has 0 saturated carbocycles. The van der Waals surface area contributed by atoms with Gasteiger partial charge >= 0.3 is 0 Å². The number of fused-ring (bicyclic) bond motifs is 1. The zero-order chi connectivity index (χ0) is 12.4. The molecule has 0 saturated heterocycles. The summed E-state index contributed by atoms with van der Waals surface area (Å²) in [5.41, 5.74) is 4.25. The lowest BCUT2D eigenvalue weighted by Crippen LogP contribution is -2.06. The number of rotatable bonds is 3. The molecule has 0 spiro atoms. The number of carbonyl (C=O) groups excluding carboxylic acids is 1. The predicted molar refractivity (Wildman–Crippen MR) is 68.5 cm³/mol. The van der Waals surface area contributed by atoms with Crippen LogP contribution in [0, 0.1) is 0 Å². The van der Waals surface area contributed by atoms with Crippen LogP contribution >= 0.6 is 0 Å². The minimum absolute atomic E-state index is 0.116. The third kappa shape index (κ3) is 2.16. The first-order valence-electron chi connectivity index (χ1n) is 6.23. The standard InChI is InChI=1S/C15H14N2O/c18-15(9-14-10-16-6-7-17-14)13-5-4-11-2-1-3-12(11)8-13/h4-8,10H,1-3,9H2. The fourth-order valence-corrected chi connectivity index (χ4v) is 2.43. The topological polar surface area (TPSA) is 42.9 Å². The first-order valence-corrected chi connectivity index (χ1v) is 6.23. The molecule has 0 fully saturated rings. The molecule has 2 aromatic rings. The van der Waals surface area contributed by atoms with Gasteiger partial charge in [0.2, 0.25) is 0 Å². The Bertz CT molecular complexity index is 578. The van der Waals surface area contributed by atoms with E-state index < -0.39 is 0 Å². The second kappa shape index (κ2) is 4.69. The third-order valence-corrected chi connectivity index (χ3v) is 3.38. The van der Waals surface area contributed by atoms with Crippen molar-refractivity contribution >= 4 is 5.78 Å². The number of hydrogen-bond donors (Lipinski definition) is 0. The number of ketones is 1. The van der Waals surface area contributed by atoms with Crippen LogP contribution in [0.3, 0.4) is 0 Å². The zero-order valence-corrected chi connectivity index (χ0v) is 10.1. The van der Waals surface area contributed by atoms with E-state index in [9.17, 15) is 4.79 Å². The Balaban J connectivity index is 1.81. The number of Topliss-reactive ketones (excluding diaryl/α,β-unsaturated/α-hetero) is 1. The molecule has 1 aromatic heterocycles. The maximum atomic E-state index is 12.1. The van der Waals surface area contributed by atoms with Crippen LogP contribution in [-0.2, 0) is 19.3 Å². The molecule has 0 amide bonds. The molecule has 0 atom stereocenters. The molecule has 1 aliphatic rings. The second-order valence-corrected chi connectivity index (χ2v) is 4.63. The zero-order valence-electron chi connectivity index (χ0n) is 10.1. The van der Waals surface area contributed by atoms with Crippen LogP contribution in [0.2, 0.25) is 0 Å². The van der Waals surface area contributed by atoms with Gasteiger partial charge in [-0.25, -0.2) is 0 Å². The van der Waals surface area contributed by atoms with Crippen molar-refractivity contribution in [1.82, 2.24) is 9.97 Å². The molecule has 90 valence electrons. The van der Waals surface area contributed by atoms with Gasteiger partial charge in [0.15, 0.2) is 5.78 Å². The highest BCUT2D eigenvalue weighted by molar-refractivity contribution is 5.97. The molecule has 3 rings (SSSR count). The van der Waals surface area contributed by atoms with Gasteiger partial charge in [-0.15, -0.1) is 0 Å². The number of aromatic nitrogens is 2. The third-order valence-electron chi connectivity index (χ3n) is 3.38. The van der Waals surface area contributed by atoms with Gasteiger partial charge in [-0.1, -0.05) is 12.1 Å². The van der Waals surface area contributed by atoms with Gasteiger partial charge < -0.3 is 0 Å². The van der Waals surface area contributed by atoms with Crippen molar-refractivity contribution in [1.29, 1.82) is 0 Å². The SMILES string of the molecule is O=C(Cc1cnccn1)c1ccc2c(c1)CCC2. The summed E-state index contributed by atoms with van der Waals surface area (Å²) in [5, 5.41) is 0. The van der Waals surface area contributed by atoms with Crippen molar-refractivity contribution in [2.75, 3.05) is 0 Å². The van der Waals surface area contributed by atoms with Gasteiger partial charge in [-0.3, -0.25) is 14.8 Å². The van der Waals surface area contributed by atoms with Crippen LogP contribution in [0.15, 0.2) is 36.8 Å². The lowest BCUT2D eigenvalue weighted by atomic mass is 10.0. The molecule has 0 unspecified atom stereocenters. The molecule has 1 heterocycles. The molecule has 1 aliphatic carbocycles. The first kappa shape index (κ1) is 11.1. The maximum Gasteiger partial charge on any atom is 0.168 e. The van der Waals surface area contributed by atoms with Crippen molar-refractivity contribution in [2.24, 2.45) is 0 Å². The summed E-state index contributed by atoms with van der Waals surface area (Å²) in [6.45, 7) is 0. The Morgan fingerprint density at radius 1 is 1.17 bits per heavy atom. The van der Waals surface area contributed by atoms with Crippen LogP contribution in [0.1, 0.15) is 33.6 Å². The molecule has 0 bridgehead atoms. The average Bonchev–Trinajstić information content (AvgIpc) is 2.87. The van der Waals surface area contributed by atoms with Crippen LogP contribution in [-0.4, -0.2) is 15.8 Å². The largest absolute Gasteiger partial charge is 0.294 e. The van der Waals surface area contributed by atoms with E-state index in [1.807, 2.05) is 12.1 Å². The van der Waals surface area contributed by atoms with Gasteiger partial charge in [-0.2, -0.15) is 0 Å². The van der Waals surface area contributed by atoms with Crippen molar-refractivity contribution < 1.29 is 4.79 Å². The van der Waals surface area contributed by atoms with E-state index in [0.717, 1.165) is 24.1 Å². The summed E-state index contributed by atoms with van der Waals surface area (Å²) < 4.78 is 0. The van der Waals surface area contributed by atoms with Crippen LogP contribution < -0.4 is 0 Å². The summed E-state index contributed by atoms with van der Waals surface area (Å²) in [7, 11) is 0. The lowest BCUT2D eigenvalue weighted by Gasteiger charge is -2.04. The van der Waals surface area contributed by atoms with Crippen LogP contribution in [0.5, 0.6) is 0 Å². The summed E-state index contributed by atoms with van der Waals surface area (Å²) >= 11 is 0. The van der Waals surface area contributed by atoms with E-state index in [4.69, 9.17) is 0 Å². The number of carbonyl (C=O) groups is 1. The Hall–Kier alpha value is -2.03. The maximum absolute atomic E-state index is 12.1. The molecule has 0 radical (unpaired) electrons. The number of aryl methyl sites for hydroxylation is 2. The second-order valence-electron chi connectivity index (χ2n) is 4.63. The summed E-state index contributed by atoms with van der Waals surface area (Å²) in [6, 6.07) is 6.07. The Labute approximate surface area is 106 Å². The average molecular weight is 238 g/mol. The van der Waals surface area contributed by atoms with Gasteiger partial charge in [0.25, 0.3) is 0 Å². The highest BCUT2D eigenvalue weighted by Crippen LogP contribution is 2.23. The quantitative estimate of drug-likeness (QED) is 0.771. The highest BCUT2D eigenvalue weighted by atomic mass is 16.1. The van der Waals surface area contributed by atoms with E-state index >= 15 is 0 Å². The minimum Gasteiger partial charge on any atom is -0.294 e. The molecule has 3 heteroatoms. The summed E-state index contributed by atoms with van der Waals surface area (Å²) in [6.07, 6.45) is 8.65. The van der Waals surface area contributed by atoms with E-state index in [2.05, 4.69) is 16.0 Å². The molecular formula is C15H14N2O. The van der Waals surface area contributed by atoms with E-state index in [1.165, 1.54) is 17.5 Å². The monoisotopic (exact) mass is 238 g/mol. The Morgan fingerprint density at radius 2 is 2.06 bits per heavy atom. The smallest absolute Gasteiger partial charge is 0.168 e. The molecule has 1 aromatic carbocycles. The van der Waals surface area contributed by atoms with E-state index in [0.29, 0.717) is 6.42 Å². The van der Waals surface area contributed by atoms with Gasteiger partial charge in [0, 0.05) is 24.2 Å². The molecule has 0 N–H and O–H groups in total. The van der Waals surface area contributed by atoms with Crippen LogP contribution in [0.25, 0.3) is 0 Å². The molecule has 3 nitrogen and oxygen atoms in total. The molecular weight excluding hydrogens is 224 g/mol. The van der Waals surface area contributed by atoms with E-state index in [1.54, 1.807) is 18.6 Å². The van der Waals surface area contributed by atoms with Gasteiger partial charge in [-0.05, 0) is 36.5 Å². The number of hydrogen-bond acceptors (Lipinski definition) is 3. The molecule has 0 aliphatic heterocycles. The first-order chi connectivity index (χ1) is 8.83. The molecule has 18 heavy (non-hydrogen) atoms. The normalized spacial score (nSPS) is 13.3. The fourth-order valence-electron chi connectivity index (χ4n) is 2.43. The Morgan fingerprint density at radius 3 is 2.89 bits per heavy atom. The number of benzene rings is 1. The van der Waals surface area contributed by atoms with Crippen LogP contribution in [0.4, 0.5) is 0 Å². The summed E-state index contributed by atoms with van der Waals surface area (Å²) in [5.74, 6) is 0.116. The highest BCUT2D eigenvalue weighted by Gasteiger charge is 2.14. The van der Waals surface area contributed by atoms with Gasteiger partial charge in [0.05, 0.1) is 12.1 Å². The summed E-state index contributed by atoms with van der Waals surface area (Å²) in [4.78, 5) is 20.3. The van der Waals surface area contributed by atoms with Crippen molar-refractivity contribution in [3.63, 3.8) is 0 Å². The van der Waals surface area contributed by atoms with Crippen molar-refractivity contribution in [3.05, 3.63) is 59.2 Å². The lowest BCUT2D eigenvalue weighted by molar-refractivity contribution is 0.0991. The fraction of sp³-hybridized carbons (Fsp3) is 0.267. The Kier molecular flexibility index (Phi) is 2.89. The van der Waals surface area contributed by atoms with Crippen molar-refractivity contribution in [3.8, 4) is 0 Å². The van der Waals surface area contributed by atoms with Crippen molar-refractivity contribution in [2.45, 2.75) is 25.7 Å². The minimum atomic E-state index is 0.116.